The van der Waals surface area contributed by atoms with E-state index in [0.29, 0.717) is 6.54 Å². The minimum Gasteiger partial charge on any atom is -0.507 e. The van der Waals surface area contributed by atoms with Gasteiger partial charge in [-0.1, -0.05) is 13.0 Å². The molecule has 22 heavy (non-hydrogen) atoms. The molecule has 1 aromatic carbocycles. The molecular formula is C15H20N2O5. The summed E-state index contributed by atoms with van der Waals surface area (Å²) in [6, 6.07) is 4.49. The van der Waals surface area contributed by atoms with Gasteiger partial charge in [-0.05, 0) is 31.0 Å². The molecule has 1 rings (SSSR count). The number of amides is 2. The summed E-state index contributed by atoms with van der Waals surface area (Å²) in [5.41, 5.74) is 0.781. The standard InChI is InChI=1S/C15H20N2O5/c1-3-6-16-13(19)8-17-14(20)9-22-15(21)11-5-4-10(2)7-12(11)18/h4-5,7,18H,3,6,8-9H2,1-2H3,(H,16,19)(H,17,20). The highest BCUT2D eigenvalue weighted by molar-refractivity contribution is 5.94. The first-order valence-corrected chi connectivity index (χ1v) is 6.94. The van der Waals surface area contributed by atoms with E-state index in [9.17, 15) is 19.5 Å². The minimum absolute atomic E-state index is 0.0147. The fourth-order valence-electron chi connectivity index (χ4n) is 1.58. The first kappa shape index (κ1) is 17.5. The maximum atomic E-state index is 11.7. The SMILES string of the molecule is CCCNC(=O)CNC(=O)COC(=O)c1ccc(C)cc1O. The number of aryl methyl sites for hydroxylation is 1. The van der Waals surface area contributed by atoms with E-state index in [-0.39, 0.29) is 23.8 Å². The van der Waals surface area contributed by atoms with Crippen LogP contribution in [-0.4, -0.2) is 42.6 Å². The number of hydrogen-bond donors (Lipinski definition) is 3. The van der Waals surface area contributed by atoms with Crippen molar-refractivity contribution in [1.82, 2.24) is 10.6 Å². The molecular weight excluding hydrogens is 288 g/mol. The Morgan fingerprint density at radius 1 is 1.18 bits per heavy atom. The number of aromatic hydroxyl groups is 1. The molecule has 0 aromatic heterocycles. The molecule has 120 valence electrons. The Hall–Kier alpha value is -2.57. The van der Waals surface area contributed by atoms with Crippen LogP contribution in [0.1, 0.15) is 29.3 Å². The molecule has 0 bridgehead atoms. The fourth-order valence-corrected chi connectivity index (χ4v) is 1.58. The largest absolute Gasteiger partial charge is 0.507 e. The first-order chi connectivity index (χ1) is 10.4. The summed E-state index contributed by atoms with van der Waals surface area (Å²) in [6.45, 7) is 3.53. The van der Waals surface area contributed by atoms with Crippen LogP contribution in [-0.2, 0) is 14.3 Å². The van der Waals surface area contributed by atoms with Crippen molar-refractivity contribution in [2.24, 2.45) is 0 Å². The van der Waals surface area contributed by atoms with Crippen molar-refractivity contribution >= 4 is 17.8 Å². The first-order valence-electron chi connectivity index (χ1n) is 6.94. The molecule has 0 atom stereocenters. The number of carbonyl (C=O) groups excluding carboxylic acids is 3. The number of phenols is 1. The molecule has 0 aliphatic carbocycles. The number of rotatable bonds is 7. The van der Waals surface area contributed by atoms with Crippen LogP contribution in [0.4, 0.5) is 0 Å². The third-order valence-electron chi connectivity index (χ3n) is 2.73. The number of nitrogens with one attached hydrogen (secondary N) is 2. The molecule has 7 nitrogen and oxygen atoms in total. The number of benzene rings is 1. The quantitative estimate of drug-likeness (QED) is 0.636. The van der Waals surface area contributed by atoms with Crippen molar-refractivity contribution in [2.45, 2.75) is 20.3 Å². The molecule has 0 fully saturated rings. The Kier molecular flexibility index (Phi) is 6.88. The summed E-state index contributed by atoms with van der Waals surface area (Å²) < 4.78 is 4.78. The highest BCUT2D eigenvalue weighted by Gasteiger charge is 2.14. The molecule has 7 heteroatoms. The van der Waals surface area contributed by atoms with Crippen LogP contribution in [0.15, 0.2) is 18.2 Å². The summed E-state index contributed by atoms with van der Waals surface area (Å²) in [5.74, 6) is -1.91. The number of hydrogen-bond acceptors (Lipinski definition) is 5. The molecule has 0 spiro atoms. The van der Waals surface area contributed by atoms with Gasteiger partial charge in [0.1, 0.15) is 11.3 Å². The van der Waals surface area contributed by atoms with Gasteiger partial charge in [0.25, 0.3) is 5.91 Å². The monoisotopic (exact) mass is 308 g/mol. The zero-order valence-electron chi connectivity index (χ0n) is 12.6. The van der Waals surface area contributed by atoms with Gasteiger partial charge in [0.2, 0.25) is 5.91 Å². The molecule has 0 aliphatic rings. The van der Waals surface area contributed by atoms with E-state index in [2.05, 4.69) is 10.6 Å². The number of carbonyl (C=O) groups is 3. The number of ether oxygens (including phenoxy) is 1. The predicted octanol–water partition coefficient (Wildman–Crippen LogP) is 0.500. The van der Waals surface area contributed by atoms with Crippen LogP contribution in [0.3, 0.4) is 0 Å². The lowest BCUT2D eigenvalue weighted by Crippen LogP contribution is -2.38. The van der Waals surface area contributed by atoms with Gasteiger partial charge in [-0.15, -0.1) is 0 Å². The van der Waals surface area contributed by atoms with Crippen molar-refractivity contribution in [1.29, 1.82) is 0 Å². The van der Waals surface area contributed by atoms with E-state index in [1.807, 2.05) is 6.92 Å². The lowest BCUT2D eigenvalue weighted by atomic mass is 10.1. The summed E-state index contributed by atoms with van der Waals surface area (Å²) in [6.07, 6.45) is 0.803. The maximum absolute atomic E-state index is 11.7. The van der Waals surface area contributed by atoms with Gasteiger partial charge in [0.05, 0.1) is 6.54 Å². The van der Waals surface area contributed by atoms with Crippen LogP contribution in [0.25, 0.3) is 0 Å². The number of phenolic OH excluding ortho intramolecular Hbond substituents is 1. The Bertz CT molecular complexity index is 557. The van der Waals surface area contributed by atoms with E-state index in [4.69, 9.17) is 4.74 Å². The van der Waals surface area contributed by atoms with Gasteiger partial charge in [-0.2, -0.15) is 0 Å². The van der Waals surface area contributed by atoms with Crippen molar-refractivity contribution in [2.75, 3.05) is 19.7 Å². The lowest BCUT2D eigenvalue weighted by Gasteiger charge is -2.08. The Balaban J connectivity index is 2.37. The molecule has 0 heterocycles. The smallest absolute Gasteiger partial charge is 0.342 e. The second kappa shape index (κ2) is 8.66. The molecule has 1 aromatic rings. The summed E-state index contributed by atoms with van der Waals surface area (Å²) in [7, 11) is 0. The molecule has 0 unspecified atom stereocenters. The molecule has 0 aliphatic heterocycles. The van der Waals surface area contributed by atoms with E-state index in [1.54, 1.807) is 13.0 Å². The van der Waals surface area contributed by atoms with Gasteiger partial charge >= 0.3 is 5.97 Å². The molecule has 0 saturated heterocycles. The highest BCUT2D eigenvalue weighted by Crippen LogP contribution is 2.19. The minimum atomic E-state index is -0.803. The molecule has 2 amide bonds. The molecule has 0 radical (unpaired) electrons. The van der Waals surface area contributed by atoms with Gasteiger partial charge < -0.3 is 20.5 Å². The topological polar surface area (TPSA) is 105 Å². The molecule has 0 saturated carbocycles. The summed E-state index contributed by atoms with van der Waals surface area (Å²) >= 11 is 0. The third kappa shape index (κ3) is 5.82. The van der Waals surface area contributed by atoms with Crippen LogP contribution in [0.5, 0.6) is 5.75 Å². The Labute approximate surface area is 128 Å². The van der Waals surface area contributed by atoms with Crippen LogP contribution in [0.2, 0.25) is 0 Å². The van der Waals surface area contributed by atoms with Gasteiger partial charge in [-0.3, -0.25) is 9.59 Å². The summed E-state index contributed by atoms with van der Waals surface area (Å²) in [5, 5.41) is 14.6. The van der Waals surface area contributed by atoms with Gasteiger partial charge in [0, 0.05) is 6.54 Å². The molecule has 3 N–H and O–H groups in total. The fraction of sp³-hybridized carbons (Fsp3) is 0.400. The maximum Gasteiger partial charge on any atom is 0.342 e. The van der Waals surface area contributed by atoms with Gasteiger partial charge in [-0.25, -0.2) is 4.79 Å². The van der Waals surface area contributed by atoms with Crippen LogP contribution < -0.4 is 10.6 Å². The zero-order valence-corrected chi connectivity index (χ0v) is 12.6. The van der Waals surface area contributed by atoms with E-state index >= 15 is 0 Å². The second-order valence-corrected chi connectivity index (χ2v) is 4.72. The predicted molar refractivity (Wildman–Crippen MR) is 79.4 cm³/mol. The van der Waals surface area contributed by atoms with Crippen LogP contribution >= 0.6 is 0 Å². The highest BCUT2D eigenvalue weighted by atomic mass is 16.5. The van der Waals surface area contributed by atoms with Crippen LogP contribution in [0, 0.1) is 6.92 Å². The van der Waals surface area contributed by atoms with Crippen molar-refractivity contribution in [3.63, 3.8) is 0 Å². The average Bonchev–Trinajstić information content (AvgIpc) is 2.48. The lowest BCUT2D eigenvalue weighted by molar-refractivity contribution is -0.127. The Morgan fingerprint density at radius 3 is 2.55 bits per heavy atom. The van der Waals surface area contributed by atoms with Crippen molar-refractivity contribution in [3.05, 3.63) is 29.3 Å². The van der Waals surface area contributed by atoms with E-state index < -0.39 is 18.5 Å². The third-order valence-corrected chi connectivity index (χ3v) is 2.73. The average molecular weight is 308 g/mol. The van der Waals surface area contributed by atoms with Crippen molar-refractivity contribution in [3.8, 4) is 5.75 Å². The second-order valence-electron chi connectivity index (χ2n) is 4.72. The Morgan fingerprint density at radius 2 is 1.91 bits per heavy atom. The number of esters is 1. The van der Waals surface area contributed by atoms with E-state index in [1.165, 1.54) is 12.1 Å². The normalized spacial score (nSPS) is 9.91. The van der Waals surface area contributed by atoms with Crippen molar-refractivity contribution < 1.29 is 24.2 Å². The van der Waals surface area contributed by atoms with E-state index in [0.717, 1.165) is 12.0 Å². The zero-order chi connectivity index (χ0) is 16.5. The van der Waals surface area contributed by atoms with Gasteiger partial charge in [0.15, 0.2) is 6.61 Å². The summed E-state index contributed by atoms with van der Waals surface area (Å²) in [4.78, 5) is 34.5.